The van der Waals surface area contributed by atoms with Crippen LogP contribution < -0.4 is 10.9 Å². The molecule has 2 aromatic carbocycles. The largest absolute Gasteiger partial charge is 0.419 e. The number of halogens is 4. The number of aromatic nitrogens is 1. The number of fused-ring (bicyclic) bond motifs is 1. The molecule has 5 nitrogen and oxygen atoms in total. The second-order valence-corrected chi connectivity index (χ2v) is 7.32. The van der Waals surface area contributed by atoms with Gasteiger partial charge in [-0.05, 0) is 49.2 Å². The first-order chi connectivity index (χ1) is 14.5. The highest BCUT2D eigenvalue weighted by atomic mass is 19.4. The summed E-state index contributed by atoms with van der Waals surface area (Å²) in [4.78, 5) is 25.3. The van der Waals surface area contributed by atoms with Crippen molar-refractivity contribution in [3.8, 4) is 0 Å². The van der Waals surface area contributed by atoms with Crippen LogP contribution in [0.3, 0.4) is 0 Å². The molecule has 0 fully saturated rings. The molecule has 0 unspecified atom stereocenters. The summed E-state index contributed by atoms with van der Waals surface area (Å²) in [6.45, 7) is 3.18. The number of anilines is 1. The van der Waals surface area contributed by atoms with E-state index >= 15 is 0 Å². The van der Waals surface area contributed by atoms with Crippen molar-refractivity contribution in [3.63, 3.8) is 0 Å². The first-order valence-electron chi connectivity index (χ1n) is 9.43. The summed E-state index contributed by atoms with van der Waals surface area (Å²) >= 11 is 0. The quantitative estimate of drug-likeness (QED) is 0.545. The summed E-state index contributed by atoms with van der Waals surface area (Å²) in [6.07, 6.45) is -3.76. The molecule has 0 aliphatic rings. The van der Waals surface area contributed by atoms with Gasteiger partial charge in [0.2, 0.25) is 5.91 Å². The average molecular weight is 452 g/mol. The molecule has 32 heavy (non-hydrogen) atoms. The third-order valence-corrected chi connectivity index (χ3v) is 5.02. The van der Waals surface area contributed by atoms with Gasteiger partial charge in [-0.25, -0.2) is 4.39 Å². The highest BCUT2D eigenvalue weighted by Crippen LogP contribution is 2.32. The predicted molar refractivity (Wildman–Crippen MR) is 115 cm³/mol. The summed E-state index contributed by atoms with van der Waals surface area (Å²) in [5.74, 6) is -2.02. The van der Waals surface area contributed by atoms with E-state index in [1.807, 2.05) is 0 Å². The molecule has 1 heterocycles. The SMILES string of the molecule is C.Cc1ccc2c(=O)n([C@H](C)CO)ccc2c1NC(=O)Cc1ccc(F)c(C(F)(F)F)c1. The van der Waals surface area contributed by atoms with Crippen molar-refractivity contribution in [2.45, 2.75) is 39.9 Å². The Hall–Kier alpha value is -3.20. The Morgan fingerprint density at radius 2 is 1.84 bits per heavy atom. The zero-order valence-corrected chi connectivity index (χ0v) is 16.8. The summed E-state index contributed by atoms with van der Waals surface area (Å²) < 4.78 is 53.6. The van der Waals surface area contributed by atoms with Crippen LogP contribution in [0.1, 0.15) is 37.1 Å². The van der Waals surface area contributed by atoms with Crippen LogP contribution in [0, 0.1) is 12.7 Å². The molecule has 3 aromatic rings. The number of nitrogens with one attached hydrogen (secondary N) is 1. The molecule has 0 aliphatic carbocycles. The van der Waals surface area contributed by atoms with Crippen molar-refractivity contribution in [3.05, 3.63) is 75.5 Å². The summed E-state index contributed by atoms with van der Waals surface area (Å²) in [5, 5.41) is 12.8. The molecule has 0 saturated carbocycles. The first-order valence-corrected chi connectivity index (χ1v) is 9.43. The maximum atomic E-state index is 13.5. The first kappa shape index (κ1) is 25.1. The van der Waals surface area contributed by atoms with Crippen molar-refractivity contribution in [1.29, 1.82) is 0 Å². The van der Waals surface area contributed by atoms with E-state index in [0.717, 1.165) is 6.07 Å². The van der Waals surface area contributed by atoms with Crippen LogP contribution in [-0.2, 0) is 17.4 Å². The summed E-state index contributed by atoms with van der Waals surface area (Å²) in [6, 6.07) is 6.86. The minimum atomic E-state index is -4.87. The van der Waals surface area contributed by atoms with Gasteiger partial charge in [0.1, 0.15) is 5.82 Å². The van der Waals surface area contributed by atoms with E-state index in [9.17, 15) is 32.3 Å². The zero-order valence-electron chi connectivity index (χ0n) is 16.8. The molecule has 0 aliphatic heterocycles. The van der Waals surface area contributed by atoms with Gasteiger partial charge in [-0.3, -0.25) is 9.59 Å². The molecule has 0 spiro atoms. The Balaban J connectivity index is 0.00000363. The van der Waals surface area contributed by atoms with Crippen molar-refractivity contribution < 1.29 is 27.5 Å². The Bertz CT molecular complexity index is 1200. The van der Waals surface area contributed by atoms with E-state index in [1.54, 1.807) is 32.0 Å². The predicted octanol–water partition coefficient (Wildman–Crippen LogP) is 4.84. The van der Waals surface area contributed by atoms with Crippen LogP contribution in [0.5, 0.6) is 0 Å². The lowest BCUT2D eigenvalue weighted by Gasteiger charge is -2.16. The molecular formula is C23H24F4N2O3. The number of carbonyl (C=O) groups is 1. The number of nitrogens with zero attached hydrogens (tertiary/aromatic N) is 1. The molecule has 9 heteroatoms. The minimum absolute atomic E-state index is 0. The van der Waals surface area contributed by atoms with E-state index in [0.29, 0.717) is 34.2 Å². The van der Waals surface area contributed by atoms with Gasteiger partial charge in [-0.15, -0.1) is 0 Å². The fraction of sp³-hybridized carbons (Fsp3) is 0.304. The molecule has 1 amide bonds. The van der Waals surface area contributed by atoms with E-state index in [1.165, 1.54) is 10.8 Å². The van der Waals surface area contributed by atoms with Gasteiger partial charge in [0, 0.05) is 17.0 Å². The van der Waals surface area contributed by atoms with Crippen LogP contribution in [0.25, 0.3) is 10.8 Å². The zero-order chi connectivity index (χ0) is 22.9. The highest BCUT2D eigenvalue weighted by molar-refractivity contribution is 6.03. The van der Waals surface area contributed by atoms with Crippen LogP contribution in [0.15, 0.2) is 47.4 Å². The number of hydrogen-bond acceptors (Lipinski definition) is 3. The molecule has 172 valence electrons. The van der Waals surface area contributed by atoms with Crippen molar-refractivity contribution in [2.24, 2.45) is 0 Å². The van der Waals surface area contributed by atoms with Crippen molar-refractivity contribution in [1.82, 2.24) is 4.57 Å². The number of aryl methyl sites for hydroxylation is 1. The fourth-order valence-electron chi connectivity index (χ4n) is 3.32. The molecular weight excluding hydrogens is 428 g/mol. The average Bonchev–Trinajstić information content (AvgIpc) is 2.70. The number of rotatable bonds is 5. The number of alkyl halides is 3. The number of aliphatic hydroxyl groups excluding tert-OH is 1. The molecule has 1 aromatic heterocycles. The Morgan fingerprint density at radius 1 is 1.16 bits per heavy atom. The van der Waals surface area contributed by atoms with E-state index in [-0.39, 0.29) is 25.2 Å². The van der Waals surface area contributed by atoms with E-state index in [2.05, 4.69) is 5.32 Å². The van der Waals surface area contributed by atoms with Gasteiger partial charge in [-0.2, -0.15) is 13.2 Å². The number of amides is 1. The van der Waals surface area contributed by atoms with Gasteiger partial charge < -0.3 is 15.0 Å². The van der Waals surface area contributed by atoms with Crippen LogP contribution in [0.2, 0.25) is 0 Å². The minimum Gasteiger partial charge on any atom is -0.394 e. The van der Waals surface area contributed by atoms with Gasteiger partial charge in [-0.1, -0.05) is 19.6 Å². The molecule has 0 saturated heterocycles. The normalized spacial score (nSPS) is 12.3. The highest BCUT2D eigenvalue weighted by Gasteiger charge is 2.34. The number of pyridine rings is 1. The molecule has 2 N–H and O–H groups in total. The lowest BCUT2D eigenvalue weighted by atomic mass is 10.0. The third-order valence-electron chi connectivity index (χ3n) is 5.02. The van der Waals surface area contributed by atoms with Gasteiger partial charge >= 0.3 is 6.18 Å². The van der Waals surface area contributed by atoms with E-state index in [4.69, 9.17) is 0 Å². The van der Waals surface area contributed by atoms with Crippen molar-refractivity contribution in [2.75, 3.05) is 11.9 Å². The number of hydrogen-bond donors (Lipinski definition) is 2. The lowest BCUT2D eigenvalue weighted by molar-refractivity contribution is -0.140. The number of benzene rings is 2. The van der Waals surface area contributed by atoms with Gasteiger partial charge in [0.05, 0.1) is 30.3 Å². The second kappa shape index (κ2) is 9.52. The van der Waals surface area contributed by atoms with Crippen molar-refractivity contribution >= 4 is 22.4 Å². The topological polar surface area (TPSA) is 71.3 Å². The standard InChI is InChI=1S/C22H20F4N2O3.CH4/c1-12-3-5-16-15(7-8-28(21(16)31)13(2)11-29)20(12)27-19(30)10-14-4-6-18(23)17(9-14)22(24,25)26;/h3-9,13,29H,10-11H2,1-2H3,(H,27,30);1H4/t13-;/m1./s1. The Labute approximate surface area is 182 Å². The monoisotopic (exact) mass is 452 g/mol. The summed E-state index contributed by atoms with van der Waals surface area (Å²) in [5.41, 5.74) is -0.756. The fourth-order valence-corrected chi connectivity index (χ4v) is 3.32. The van der Waals surface area contributed by atoms with Crippen LogP contribution >= 0.6 is 0 Å². The molecule has 1 atom stereocenters. The molecule has 0 radical (unpaired) electrons. The second-order valence-electron chi connectivity index (χ2n) is 7.32. The van der Waals surface area contributed by atoms with E-state index < -0.39 is 35.9 Å². The maximum Gasteiger partial charge on any atom is 0.419 e. The summed E-state index contributed by atoms with van der Waals surface area (Å²) in [7, 11) is 0. The van der Waals surface area contributed by atoms with Gasteiger partial charge in [0.15, 0.2) is 0 Å². The Kier molecular flexibility index (Phi) is 7.46. The molecule has 3 rings (SSSR count). The van der Waals surface area contributed by atoms with Crippen LogP contribution in [-0.4, -0.2) is 22.2 Å². The molecule has 0 bridgehead atoms. The lowest BCUT2D eigenvalue weighted by Crippen LogP contribution is -2.25. The maximum absolute atomic E-state index is 13.5. The third kappa shape index (κ3) is 4.99. The Morgan fingerprint density at radius 3 is 2.47 bits per heavy atom. The van der Waals surface area contributed by atoms with Gasteiger partial charge in [0.25, 0.3) is 5.56 Å². The number of aliphatic hydroxyl groups is 1. The van der Waals surface area contributed by atoms with Crippen LogP contribution in [0.4, 0.5) is 23.2 Å². The smallest absolute Gasteiger partial charge is 0.394 e. The number of carbonyl (C=O) groups excluding carboxylic acids is 1.